The molecule has 1 atom stereocenters. The quantitative estimate of drug-likeness (QED) is 0.146. The van der Waals surface area contributed by atoms with Crippen molar-refractivity contribution in [3.63, 3.8) is 0 Å². The fraction of sp³-hybridized carbons (Fsp3) is 0.316. The number of hydrogen-bond acceptors (Lipinski definition) is 6. The number of methoxy groups -OCH3 is 2. The number of hydrogen-bond donors (Lipinski definition) is 1. The number of halogens is 2. The highest BCUT2D eigenvalue weighted by molar-refractivity contribution is 7.92. The molecule has 0 radical (unpaired) electrons. The highest BCUT2D eigenvalue weighted by Crippen LogP contribution is 2.36. The summed E-state index contributed by atoms with van der Waals surface area (Å²) >= 11 is 12.6. The number of rotatable bonds is 14. The number of anilines is 1. The molecule has 1 unspecified atom stereocenters. The third-order valence-electron chi connectivity index (χ3n) is 8.82. The normalized spacial score (nSPS) is 14.0. The molecule has 0 saturated heterocycles. The molecule has 1 aliphatic rings. The first-order chi connectivity index (χ1) is 24.1. The lowest BCUT2D eigenvalue weighted by atomic mass is 9.94. The summed E-state index contributed by atoms with van der Waals surface area (Å²) in [5.41, 5.74) is 1.56. The number of ether oxygens (including phenoxy) is 2. The first kappa shape index (κ1) is 37.0. The van der Waals surface area contributed by atoms with Gasteiger partial charge in [-0.05, 0) is 60.4 Å². The van der Waals surface area contributed by atoms with Crippen molar-refractivity contribution in [2.45, 2.75) is 62.0 Å². The van der Waals surface area contributed by atoms with Crippen molar-refractivity contribution in [1.82, 2.24) is 10.2 Å². The molecular formula is C38H41Cl2N3O6S. The summed E-state index contributed by atoms with van der Waals surface area (Å²) in [6.07, 6.45) is 5.03. The van der Waals surface area contributed by atoms with Crippen molar-refractivity contribution in [3.8, 4) is 11.5 Å². The third-order valence-corrected chi connectivity index (χ3v) is 11.3. The molecule has 4 aromatic rings. The summed E-state index contributed by atoms with van der Waals surface area (Å²) in [5, 5.41) is 3.84. The van der Waals surface area contributed by atoms with Crippen LogP contribution in [-0.2, 0) is 32.6 Å². The number of amides is 2. The van der Waals surface area contributed by atoms with Gasteiger partial charge >= 0.3 is 0 Å². The van der Waals surface area contributed by atoms with E-state index in [0.29, 0.717) is 16.3 Å². The van der Waals surface area contributed by atoms with Crippen LogP contribution >= 0.6 is 23.2 Å². The maximum atomic E-state index is 14.9. The standard InChI is InChI=1S/C38H41Cl2N3O6S/c1-48-30-19-21-36(49-2)34(24-30)43(50(46,47)31-16-10-5-11-17-31)26-37(44)42(25-28-18-20-32(39)33(40)22-28)35(23-27-12-6-3-7-13-27)38(45)41-29-14-8-4-9-15-29/h3,5-7,10-13,16-22,24,29,35H,4,8-9,14-15,23,25-26H2,1-2H3,(H,41,45). The minimum Gasteiger partial charge on any atom is -0.497 e. The molecule has 5 rings (SSSR count). The summed E-state index contributed by atoms with van der Waals surface area (Å²) < 4.78 is 40.8. The van der Waals surface area contributed by atoms with Gasteiger partial charge in [0, 0.05) is 25.1 Å². The molecule has 1 N–H and O–H groups in total. The second-order valence-corrected chi connectivity index (χ2v) is 14.9. The minimum atomic E-state index is -4.34. The van der Waals surface area contributed by atoms with E-state index in [1.807, 2.05) is 30.3 Å². The zero-order chi connectivity index (χ0) is 35.7. The van der Waals surface area contributed by atoms with Crippen LogP contribution in [0.2, 0.25) is 10.0 Å². The van der Waals surface area contributed by atoms with Gasteiger partial charge in [-0.2, -0.15) is 0 Å². The number of carbonyl (C=O) groups is 2. The fourth-order valence-electron chi connectivity index (χ4n) is 6.16. The average Bonchev–Trinajstić information content (AvgIpc) is 3.14. The van der Waals surface area contributed by atoms with E-state index >= 15 is 0 Å². The van der Waals surface area contributed by atoms with E-state index in [1.165, 1.54) is 37.3 Å². The van der Waals surface area contributed by atoms with Crippen LogP contribution in [0.5, 0.6) is 11.5 Å². The first-order valence-corrected chi connectivity index (χ1v) is 18.7. The number of benzene rings is 4. The molecule has 0 heterocycles. The zero-order valence-corrected chi connectivity index (χ0v) is 30.4. The number of nitrogens with one attached hydrogen (secondary N) is 1. The van der Waals surface area contributed by atoms with Gasteiger partial charge in [-0.25, -0.2) is 8.42 Å². The molecule has 0 bridgehead atoms. The van der Waals surface area contributed by atoms with Gasteiger partial charge in [-0.3, -0.25) is 13.9 Å². The Labute approximate surface area is 304 Å². The molecule has 1 aliphatic carbocycles. The van der Waals surface area contributed by atoms with Crippen molar-refractivity contribution >= 4 is 50.7 Å². The van der Waals surface area contributed by atoms with Gasteiger partial charge in [0.05, 0.1) is 34.8 Å². The second kappa shape index (κ2) is 17.1. The first-order valence-electron chi connectivity index (χ1n) is 16.5. The van der Waals surface area contributed by atoms with Crippen molar-refractivity contribution in [1.29, 1.82) is 0 Å². The lowest BCUT2D eigenvalue weighted by Crippen LogP contribution is -2.55. The fourth-order valence-corrected chi connectivity index (χ4v) is 7.92. The summed E-state index contributed by atoms with van der Waals surface area (Å²) in [6, 6.07) is 26.0. The Morgan fingerprint density at radius 3 is 2.14 bits per heavy atom. The van der Waals surface area contributed by atoms with Crippen LogP contribution in [0.3, 0.4) is 0 Å². The second-order valence-electron chi connectivity index (χ2n) is 12.2. The molecule has 9 nitrogen and oxygen atoms in total. The minimum absolute atomic E-state index is 0.0209. The Balaban J connectivity index is 1.62. The van der Waals surface area contributed by atoms with Gasteiger partial charge in [0.25, 0.3) is 10.0 Å². The Hall–Kier alpha value is -4.25. The van der Waals surface area contributed by atoms with Crippen LogP contribution in [0.25, 0.3) is 0 Å². The monoisotopic (exact) mass is 737 g/mol. The van der Waals surface area contributed by atoms with Gasteiger partial charge in [0.2, 0.25) is 11.8 Å². The van der Waals surface area contributed by atoms with Crippen LogP contribution in [0, 0.1) is 0 Å². The van der Waals surface area contributed by atoms with E-state index in [1.54, 1.807) is 48.5 Å². The lowest BCUT2D eigenvalue weighted by molar-refractivity contribution is -0.140. The SMILES string of the molecule is COc1ccc(OC)c(N(CC(=O)N(Cc2ccc(Cl)c(Cl)c2)C(Cc2ccccc2)C(=O)NC2CCCCC2)S(=O)(=O)c2ccccc2)c1. The summed E-state index contributed by atoms with van der Waals surface area (Å²) in [6.45, 7) is -0.691. The van der Waals surface area contributed by atoms with Crippen LogP contribution < -0.4 is 19.1 Å². The zero-order valence-electron chi connectivity index (χ0n) is 28.1. The van der Waals surface area contributed by atoms with E-state index in [-0.39, 0.29) is 46.3 Å². The largest absolute Gasteiger partial charge is 0.497 e. The van der Waals surface area contributed by atoms with E-state index in [9.17, 15) is 18.0 Å². The summed E-state index contributed by atoms with van der Waals surface area (Å²) in [4.78, 5) is 30.6. The topological polar surface area (TPSA) is 105 Å². The molecule has 12 heteroatoms. The molecule has 0 spiro atoms. The average molecular weight is 739 g/mol. The van der Waals surface area contributed by atoms with Gasteiger partial charge in [-0.1, -0.05) is 97.1 Å². The van der Waals surface area contributed by atoms with E-state index < -0.39 is 28.5 Å². The van der Waals surface area contributed by atoms with Crippen LogP contribution in [-0.4, -0.2) is 58.0 Å². The summed E-state index contributed by atoms with van der Waals surface area (Å²) in [5.74, 6) is -0.348. The molecule has 2 amide bonds. The molecule has 0 aromatic heterocycles. The molecule has 4 aromatic carbocycles. The van der Waals surface area contributed by atoms with Crippen LogP contribution in [0.15, 0.2) is 102 Å². The van der Waals surface area contributed by atoms with Gasteiger partial charge < -0.3 is 19.7 Å². The Kier molecular flexibility index (Phi) is 12.7. The smallest absolute Gasteiger partial charge is 0.264 e. The van der Waals surface area contributed by atoms with Crippen LogP contribution in [0.1, 0.15) is 43.2 Å². The van der Waals surface area contributed by atoms with E-state index in [0.717, 1.165) is 42.0 Å². The van der Waals surface area contributed by atoms with Gasteiger partial charge in [-0.15, -0.1) is 0 Å². The van der Waals surface area contributed by atoms with Crippen molar-refractivity contribution < 1.29 is 27.5 Å². The number of carbonyl (C=O) groups excluding carboxylic acids is 2. The maximum absolute atomic E-state index is 14.9. The Morgan fingerprint density at radius 2 is 1.50 bits per heavy atom. The molecule has 1 fully saturated rings. The van der Waals surface area contributed by atoms with Crippen molar-refractivity contribution in [3.05, 3.63) is 118 Å². The summed E-state index contributed by atoms with van der Waals surface area (Å²) in [7, 11) is -1.46. The van der Waals surface area contributed by atoms with E-state index in [2.05, 4.69) is 5.32 Å². The highest BCUT2D eigenvalue weighted by atomic mass is 35.5. The highest BCUT2D eigenvalue weighted by Gasteiger charge is 2.36. The van der Waals surface area contributed by atoms with Crippen molar-refractivity contribution in [2.75, 3.05) is 25.1 Å². The van der Waals surface area contributed by atoms with Gasteiger partial charge in [0.15, 0.2) is 0 Å². The molecule has 50 heavy (non-hydrogen) atoms. The predicted molar refractivity (Wildman–Crippen MR) is 196 cm³/mol. The maximum Gasteiger partial charge on any atom is 0.264 e. The number of nitrogens with zero attached hydrogens (tertiary/aromatic N) is 2. The van der Waals surface area contributed by atoms with E-state index in [4.69, 9.17) is 32.7 Å². The third kappa shape index (κ3) is 9.10. The predicted octanol–water partition coefficient (Wildman–Crippen LogP) is 7.29. The number of sulfonamides is 1. The van der Waals surface area contributed by atoms with Crippen LogP contribution in [0.4, 0.5) is 5.69 Å². The van der Waals surface area contributed by atoms with Crippen molar-refractivity contribution in [2.24, 2.45) is 0 Å². The van der Waals surface area contributed by atoms with Gasteiger partial charge in [0.1, 0.15) is 24.1 Å². The molecule has 264 valence electrons. The molecule has 0 aliphatic heterocycles. The molecular weight excluding hydrogens is 697 g/mol. The Morgan fingerprint density at radius 1 is 0.820 bits per heavy atom. The lowest BCUT2D eigenvalue weighted by Gasteiger charge is -2.35. The molecule has 1 saturated carbocycles. The Bertz CT molecular complexity index is 1870.